The fourth-order valence-electron chi connectivity index (χ4n) is 3.28. The van der Waals surface area contributed by atoms with Gasteiger partial charge in [-0.2, -0.15) is 10.5 Å². The van der Waals surface area contributed by atoms with Gasteiger partial charge in [-0.05, 0) is 54.2 Å². The Morgan fingerprint density at radius 3 is 2.44 bits per heavy atom. The van der Waals surface area contributed by atoms with Crippen molar-refractivity contribution in [3.63, 3.8) is 0 Å². The van der Waals surface area contributed by atoms with E-state index in [0.717, 1.165) is 10.2 Å². The highest BCUT2D eigenvalue weighted by Crippen LogP contribution is 2.38. The van der Waals surface area contributed by atoms with Crippen LogP contribution in [0.15, 0.2) is 74.0 Å². The highest BCUT2D eigenvalue weighted by Gasteiger charge is 2.36. The van der Waals surface area contributed by atoms with Gasteiger partial charge in [0.1, 0.15) is 23.5 Å². The SMILES string of the molecule is N#CC(C#N)=Cc1ccc(Sc2nc3ccc(N4C(=O)c5ccccc5C4=O)cc3s2)o1. The number of thiazole rings is 1. The Balaban J connectivity index is 1.41. The summed E-state index contributed by atoms with van der Waals surface area (Å²) in [5.74, 6) is -0.275. The van der Waals surface area contributed by atoms with Crippen molar-refractivity contribution in [1.82, 2.24) is 4.98 Å². The molecule has 1 aliphatic rings. The maximum atomic E-state index is 12.7. The number of nitriles is 2. The highest BCUT2D eigenvalue weighted by atomic mass is 32.2. The van der Waals surface area contributed by atoms with Crippen LogP contribution in [0.25, 0.3) is 16.3 Å². The molecule has 0 aliphatic carbocycles. The summed E-state index contributed by atoms with van der Waals surface area (Å²) in [5.41, 5.74) is 1.99. The van der Waals surface area contributed by atoms with Gasteiger partial charge in [-0.3, -0.25) is 9.59 Å². The van der Waals surface area contributed by atoms with E-state index in [0.29, 0.717) is 32.0 Å². The molecule has 152 valence electrons. The molecule has 1 aliphatic heterocycles. The number of allylic oxidation sites excluding steroid dienone is 1. The molecular formula is C23H10N4O3S2. The molecule has 2 aromatic heterocycles. The topological polar surface area (TPSA) is 111 Å². The minimum Gasteiger partial charge on any atom is -0.450 e. The summed E-state index contributed by atoms with van der Waals surface area (Å²) in [6.45, 7) is 0. The normalized spacial score (nSPS) is 12.5. The molecule has 5 rings (SSSR count). The van der Waals surface area contributed by atoms with Crippen LogP contribution in [0.1, 0.15) is 26.5 Å². The molecule has 4 aromatic rings. The van der Waals surface area contributed by atoms with Gasteiger partial charge in [0.15, 0.2) is 9.43 Å². The van der Waals surface area contributed by atoms with E-state index in [1.165, 1.54) is 34.1 Å². The van der Waals surface area contributed by atoms with E-state index < -0.39 is 0 Å². The predicted molar refractivity (Wildman–Crippen MR) is 119 cm³/mol. The second-order valence-corrected chi connectivity index (χ2v) is 8.95. The van der Waals surface area contributed by atoms with Crippen LogP contribution in [0.5, 0.6) is 0 Å². The first kappa shape index (κ1) is 19.8. The van der Waals surface area contributed by atoms with Crippen molar-refractivity contribution in [2.45, 2.75) is 9.43 Å². The molecule has 0 fully saturated rings. The summed E-state index contributed by atoms with van der Waals surface area (Å²) in [6.07, 6.45) is 1.37. The van der Waals surface area contributed by atoms with E-state index >= 15 is 0 Å². The van der Waals surface area contributed by atoms with Gasteiger partial charge in [-0.15, -0.1) is 11.3 Å². The van der Waals surface area contributed by atoms with Crippen molar-refractivity contribution in [3.8, 4) is 12.1 Å². The molecule has 32 heavy (non-hydrogen) atoms. The number of hydrogen-bond donors (Lipinski definition) is 0. The van der Waals surface area contributed by atoms with E-state index in [4.69, 9.17) is 14.9 Å². The molecule has 0 radical (unpaired) electrons. The van der Waals surface area contributed by atoms with Crippen molar-refractivity contribution in [3.05, 3.63) is 77.1 Å². The van der Waals surface area contributed by atoms with Crippen LogP contribution in [0, 0.1) is 22.7 Å². The van der Waals surface area contributed by atoms with E-state index in [1.807, 2.05) is 0 Å². The minimum absolute atomic E-state index is 0.0448. The molecule has 2 aromatic carbocycles. The van der Waals surface area contributed by atoms with Crippen LogP contribution in [0.4, 0.5) is 5.69 Å². The zero-order valence-electron chi connectivity index (χ0n) is 16.1. The summed E-state index contributed by atoms with van der Waals surface area (Å²) in [5, 5.41) is 18.3. The second kappa shape index (κ2) is 7.82. The van der Waals surface area contributed by atoms with Crippen molar-refractivity contribution >= 4 is 56.9 Å². The molecule has 0 saturated carbocycles. The number of furan rings is 1. The average molecular weight is 454 g/mol. The number of aromatic nitrogens is 1. The Hall–Kier alpha value is -4.18. The standard InChI is InChI=1S/C23H10N4O3S2/c24-11-13(12-25)9-15-6-8-20(30-15)32-23-26-18-7-5-14(10-19(18)31-23)27-21(28)16-3-1-2-4-17(16)22(27)29/h1-10H. The maximum Gasteiger partial charge on any atom is 0.266 e. The van der Waals surface area contributed by atoms with Gasteiger partial charge < -0.3 is 4.42 Å². The number of imide groups is 1. The van der Waals surface area contributed by atoms with Crippen molar-refractivity contribution < 1.29 is 14.0 Å². The van der Waals surface area contributed by atoms with Crippen molar-refractivity contribution in [2.24, 2.45) is 0 Å². The molecule has 0 N–H and O–H groups in total. The van der Waals surface area contributed by atoms with Crippen molar-refractivity contribution in [2.75, 3.05) is 4.90 Å². The zero-order valence-corrected chi connectivity index (χ0v) is 17.7. The van der Waals surface area contributed by atoms with Crippen molar-refractivity contribution in [1.29, 1.82) is 10.5 Å². The Labute approximate surface area is 189 Å². The molecule has 0 unspecified atom stereocenters. The Morgan fingerprint density at radius 2 is 1.75 bits per heavy atom. The van der Waals surface area contributed by atoms with Crippen LogP contribution in [0.3, 0.4) is 0 Å². The molecule has 0 spiro atoms. The highest BCUT2D eigenvalue weighted by molar-refractivity contribution is 8.01. The number of hydrogen-bond acceptors (Lipinski definition) is 8. The molecule has 0 bridgehead atoms. The average Bonchev–Trinajstić information content (AvgIpc) is 3.48. The Bertz CT molecular complexity index is 1480. The third-order valence-corrected chi connectivity index (χ3v) is 6.72. The molecule has 0 atom stereocenters. The molecule has 2 amide bonds. The molecule has 7 nitrogen and oxygen atoms in total. The number of benzene rings is 2. The van der Waals surface area contributed by atoms with Crippen LogP contribution in [0.2, 0.25) is 0 Å². The first-order valence-corrected chi connectivity index (χ1v) is 10.9. The first-order valence-electron chi connectivity index (χ1n) is 9.25. The number of rotatable bonds is 4. The lowest BCUT2D eigenvalue weighted by Crippen LogP contribution is -2.29. The number of nitrogens with zero attached hydrogens (tertiary/aromatic N) is 4. The summed E-state index contributed by atoms with van der Waals surface area (Å²) in [4.78, 5) is 31.2. The third-order valence-electron chi connectivity index (χ3n) is 4.72. The number of carbonyl (C=O) groups is 2. The number of carbonyl (C=O) groups excluding carboxylic acids is 2. The van der Waals surface area contributed by atoms with Crippen LogP contribution in [-0.2, 0) is 0 Å². The summed E-state index contributed by atoms with van der Waals surface area (Å²) in [7, 11) is 0. The lowest BCUT2D eigenvalue weighted by atomic mass is 10.1. The van der Waals surface area contributed by atoms with Gasteiger partial charge in [-0.1, -0.05) is 12.1 Å². The number of anilines is 1. The Morgan fingerprint density at radius 1 is 1.03 bits per heavy atom. The first-order chi connectivity index (χ1) is 15.6. The molecule has 0 saturated heterocycles. The summed E-state index contributed by atoms with van der Waals surface area (Å²) in [6, 6.07) is 19.0. The quantitative estimate of drug-likeness (QED) is 0.305. The fourth-order valence-corrected chi connectivity index (χ4v) is 5.29. The second-order valence-electron chi connectivity index (χ2n) is 6.66. The molecule has 3 heterocycles. The van der Waals surface area contributed by atoms with Crippen LogP contribution >= 0.6 is 23.1 Å². The van der Waals surface area contributed by atoms with E-state index in [1.54, 1.807) is 66.7 Å². The monoisotopic (exact) mass is 454 g/mol. The number of fused-ring (bicyclic) bond motifs is 2. The summed E-state index contributed by atoms with van der Waals surface area (Å²) < 4.78 is 7.18. The molecular weight excluding hydrogens is 444 g/mol. The van der Waals surface area contributed by atoms with Gasteiger partial charge in [-0.25, -0.2) is 9.88 Å². The van der Waals surface area contributed by atoms with E-state index in [2.05, 4.69) is 4.98 Å². The lowest BCUT2D eigenvalue weighted by molar-refractivity contribution is 0.0926. The smallest absolute Gasteiger partial charge is 0.266 e. The minimum atomic E-state index is -0.339. The van der Waals surface area contributed by atoms with Gasteiger partial charge in [0, 0.05) is 6.08 Å². The predicted octanol–water partition coefficient (Wildman–Crippen LogP) is 5.27. The maximum absolute atomic E-state index is 12.7. The largest absolute Gasteiger partial charge is 0.450 e. The van der Waals surface area contributed by atoms with Gasteiger partial charge in [0.2, 0.25) is 0 Å². The van der Waals surface area contributed by atoms with Crippen LogP contribution < -0.4 is 4.90 Å². The lowest BCUT2D eigenvalue weighted by Gasteiger charge is -2.13. The summed E-state index contributed by atoms with van der Waals surface area (Å²) >= 11 is 2.71. The van der Waals surface area contributed by atoms with E-state index in [9.17, 15) is 9.59 Å². The Kier molecular flexibility index (Phi) is 4.83. The van der Waals surface area contributed by atoms with Gasteiger partial charge in [0.25, 0.3) is 11.8 Å². The van der Waals surface area contributed by atoms with Gasteiger partial charge >= 0.3 is 0 Å². The zero-order chi connectivity index (χ0) is 22.2. The third kappa shape index (κ3) is 3.36. The van der Waals surface area contributed by atoms with Crippen LogP contribution in [-0.4, -0.2) is 16.8 Å². The molecule has 9 heteroatoms. The van der Waals surface area contributed by atoms with Gasteiger partial charge in [0.05, 0.1) is 27.0 Å². The fraction of sp³-hybridized carbons (Fsp3) is 0. The number of amides is 2. The van der Waals surface area contributed by atoms with E-state index in [-0.39, 0.29) is 17.4 Å².